The largest absolute Gasteiger partial charge is 0.442 e. The van der Waals surface area contributed by atoms with Crippen LogP contribution in [0.3, 0.4) is 0 Å². The Bertz CT molecular complexity index is 781. The predicted molar refractivity (Wildman–Crippen MR) is 104 cm³/mol. The number of anilines is 2. The summed E-state index contributed by atoms with van der Waals surface area (Å²) in [5.74, 6) is -0.624. The number of nitrogens with zero attached hydrogens (tertiary/aromatic N) is 2. The molecule has 0 saturated carbocycles. The van der Waals surface area contributed by atoms with E-state index in [2.05, 4.69) is 5.32 Å². The van der Waals surface area contributed by atoms with Crippen LogP contribution in [0.1, 0.15) is 34.1 Å². The van der Waals surface area contributed by atoms with Crippen LogP contribution in [-0.4, -0.2) is 55.0 Å². The van der Waals surface area contributed by atoms with E-state index in [9.17, 15) is 19.1 Å². The molecule has 2 fully saturated rings. The highest BCUT2D eigenvalue weighted by Crippen LogP contribution is 2.40. The highest BCUT2D eigenvalue weighted by Gasteiger charge is 2.44. The molecule has 2 atom stereocenters. The maximum Gasteiger partial charge on any atom is 0.414 e. The molecule has 0 aromatic heterocycles. The van der Waals surface area contributed by atoms with Crippen LogP contribution < -0.4 is 15.1 Å². The molecule has 0 bridgehead atoms. The zero-order chi connectivity index (χ0) is 20.7. The number of cyclic esters (lactones) is 1. The monoisotopic (exact) mass is 393 g/mol. The van der Waals surface area contributed by atoms with Crippen LogP contribution >= 0.6 is 0 Å². The van der Waals surface area contributed by atoms with Gasteiger partial charge in [0.2, 0.25) is 5.91 Å². The molecular formula is C20H28FN3O4. The summed E-state index contributed by atoms with van der Waals surface area (Å²) in [6.45, 7) is 8.71. The maximum absolute atomic E-state index is 14.9. The van der Waals surface area contributed by atoms with E-state index < -0.39 is 23.6 Å². The lowest BCUT2D eigenvalue weighted by Gasteiger charge is -2.49. The number of ether oxygens (including phenoxy) is 1. The van der Waals surface area contributed by atoms with Gasteiger partial charge in [-0.15, -0.1) is 0 Å². The molecule has 0 aliphatic carbocycles. The number of aliphatic hydroxyl groups is 1. The van der Waals surface area contributed by atoms with Crippen molar-refractivity contribution < 1.29 is 23.8 Å². The quantitative estimate of drug-likeness (QED) is 0.820. The van der Waals surface area contributed by atoms with Gasteiger partial charge in [-0.1, -0.05) is 13.8 Å². The van der Waals surface area contributed by atoms with E-state index in [4.69, 9.17) is 4.74 Å². The van der Waals surface area contributed by atoms with Gasteiger partial charge in [-0.2, -0.15) is 0 Å². The van der Waals surface area contributed by atoms with Gasteiger partial charge in [-0.05, 0) is 31.5 Å². The number of piperidine rings is 1. The summed E-state index contributed by atoms with van der Waals surface area (Å²) in [6, 6.07) is 4.69. The maximum atomic E-state index is 14.9. The van der Waals surface area contributed by atoms with Gasteiger partial charge in [0.05, 0.1) is 30.1 Å². The summed E-state index contributed by atoms with van der Waals surface area (Å²) < 4.78 is 20.1. The van der Waals surface area contributed by atoms with E-state index in [-0.39, 0.29) is 24.4 Å². The Morgan fingerprint density at radius 3 is 2.71 bits per heavy atom. The van der Waals surface area contributed by atoms with Crippen molar-refractivity contribution in [1.29, 1.82) is 0 Å². The molecule has 2 saturated heterocycles. The lowest BCUT2D eigenvalue weighted by atomic mass is 9.71. The minimum atomic E-state index is -0.803. The molecule has 2 aliphatic rings. The average Bonchev–Trinajstić information content (AvgIpc) is 2.96. The first kappa shape index (κ1) is 20.4. The number of halogens is 1. The van der Waals surface area contributed by atoms with Gasteiger partial charge in [-0.25, -0.2) is 9.18 Å². The third-order valence-corrected chi connectivity index (χ3v) is 5.95. The van der Waals surface area contributed by atoms with Gasteiger partial charge < -0.3 is 20.1 Å². The standard InChI is InChI=1S/C20H28FN3O4/c1-13(25)22-10-15-11-24(18(26)28-15)14-5-6-17(16(21)9-14)23-8-7-20(4,27)19(2,3)12-23/h5-6,9,15,27H,7-8,10-12H2,1-4H3,(H,22,25). The zero-order valence-electron chi connectivity index (χ0n) is 16.8. The van der Waals surface area contributed by atoms with Gasteiger partial charge in [0, 0.05) is 25.4 Å². The number of benzene rings is 1. The first-order valence-electron chi connectivity index (χ1n) is 9.50. The van der Waals surface area contributed by atoms with E-state index in [1.165, 1.54) is 17.9 Å². The van der Waals surface area contributed by atoms with Gasteiger partial charge in [0.1, 0.15) is 11.9 Å². The van der Waals surface area contributed by atoms with E-state index in [0.717, 1.165) is 0 Å². The molecule has 2 unspecified atom stereocenters. The van der Waals surface area contributed by atoms with Gasteiger partial charge >= 0.3 is 6.09 Å². The minimum absolute atomic E-state index is 0.201. The van der Waals surface area contributed by atoms with E-state index in [0.29, 0.717) is 30.9 Å². The number of hydrogen-bond donors (Lipinski definition) is 2. The number of carbonyl (C=O) groups excluding carboxylic acids is 2. The summed E-state index contributed by atoms with van der Waals surface area (Å²) in [4.78, 5) is 26.4. The smallest absolute Gasteiger partial charge is 0.414 e. The van der Waals surface area contributed by atoms with Crippen LogP contribution in [0.4, 0.5) is 20.6 Å². The van der Waals surface area contributed by atoms with Crippen molar-refractivity contribution in [3.63, 3.8) is 0 Å². The molecule has 7 nitrogen and oxygen atoms in total. The van der Waals surface area contributed by atoms with Crippen molar-refractivity contribution in [2.45, 2.75) is 45.8 Å². The fourth-order valence-electron chi connectivity index (χ4n) is 3.64. The Hall–Kier alpha value is -2.35. The molecule has 0 radical (unpaired) electrons. The summed E-state index contributed by atoms with van der Waals surface area (Å²) >= 11 is 0. The predicted octanol–water partition coefficient (Wildman–Crippen LogP) is 2.27. The normalized spacial score (nSPS) is 26.9. The van der Waals surface area contributed by atoms with Crippen LogP contribution in [-0.2, 0) is 9.53 Å². The third-order valence-electron chi connectivity index (χ3n) is 5.95. The van der Waals surface area contributed by atoms with Crippen LogP contribution in [0.15, 0.2) is 18.2 Å². The number of hydrogen-bond acceptors (Lipinski definition) is 5. The molecule has 1 aromatic rings. The Labute approximate surface area is 164 Å². The van der Waals surface area contributed by atoms with E-state index in [1.807, 2.05) is 25.7 Å². The van der Waals surface area contributed by atoms with Crippen molar-refractivity contribution in [1.82, 2.24) is 5.32 Å². The summed E-state index contributed by atoms with van der Waals surface area (Å²) in [6.07, 6.45) is -0.480. The van der Waals surface area contributed by atoms with E-state index in [1.54, 1.807) is 12.1 Å². The number of amides is 2. The van der Waals surface area contributed by atoms with Crippen molar-refractivity contribution in [2.75, 3.05) is 36.0 Å². The lowest BCUT2D eigenvalue weighted by Crippen LogP contribution is -2.56. The second-order valence-corrected chi connectivity index (χ2v) is 8.52. The molecule has 28 heavy (non-hydrogen) atoms. The van der Waals surface area contributed by atoms with Gasteiger partial charge in [0.15, 0.2) is 0 Å². The summed E-state index contributed by atoms with van der Waals surface area (Å²) in [7, 11) is 0. The van der Waals surface area contributed by atoms with Gasteiger partial charge in [-0.3, -0.25) is 9.69 Å². The zero-order valence-corrected chi connectivity index (χ0v) is 16.8. The number of carbonyl (C=O) groups is 2. The highest BCUT2D eigenvalue weighted by atomic mass is 19.1. The number of nitrogens with one attached hydrogen (secondary N) is 1. The highest BCUT2D eigenvalue weighted by molar-refractivity contribution is 5.90. The van der Waals surface area contributed by atoms with Crippen molar-refractivity contribution >= 4 is 23.4 Å². The third kappa shape index (κ3) is 3.92. The fraction of sp³-hybridized carbons (Fsp3) is 0.600. The van der Waals surface area contributed by atoms with E-state index >= 15 is 0 Å². The molecular weight excluding hydrogens is 365 g/mol. The molecule has 1 aromatic carbocycles. The van der Waals surface area contributed by atoms with Crippen LogP contribution in [0.2, 0.25) is 0 Å². The summed E-state index contributed by atoms with van der Waals surface area (Å²) in [5.41, 5.74) is -0.316. The van der Waals surface area contributed by atoms with Gasteiger partial charge in [0.25, 0.3) is 0 Å². The molecule has 8 heteroatoms. The molecule has 154 valence electrons. The molecule has 2 amide bonds. The Morgan fingerprint density at radius 1 is 1.39 bits per heavy atom. The second-order valence-electron chi connectivity index (χ2n) is 8.52. The van der Waals surface area contributed by atoms with Crippen molar-refractivity contribution in [2.24, 2.45) is 5.41 Å². The summed E-state index contributed by atoms with van der Waals surface area (Å²) in [5, 5.41) is 13.2. The van der Waals surface area contributed by atoms with Crippen LogP contribution in [0, 0.1) is 11.2 Å². The molecule has 2 aliphatic heterocycles. The molecule has 2 heterocycles. The Balaban J connectivity index is 1.73. The fourth-order valence-corrected chi connectivity index (χ4v) is 3.64. The molecule has 2 N–H and O–H groups in total. The SMILES string of the molecule is CC(=O)NCC1CN(c2ccc(N3CCC(C)(O)C(C)(C)C3)c(F)c2)C(=O)O1. The molecule has 3 rings (SSSR count). The molecule has 0 spiro atoms. The topological polar surface area (TPSA) is 82.1 Å². The Kier molecular flexibility index (Phi) is 5.27. The van der Waals surface area contributed by atoms with Crippen molar-refractivity contribution in [3.05, 3.63) is 24.0 Å². The van der Waals surface area contributed by atoms with Crippen LogP contribution in [0.5, 0.6) is 0 Å². The lowest BCUT2D eigenvalue weighted by molar-refractivity contribution is -0.119. The van der Waals surface area contributed by atoms with Crippen molar-refractivity contribution in [3.8, 4) is 0 Å². The second kappa shape index (κ2) is 7.24. The first-order chi connectivity index (χ1) is 13.0. The van der Waals surface area contributed by atoms with Crippen LogP contribution in [0.25, 0.3) is 0 Å². The Morgan fingerprint density at radius 2 is 2.11 bits per heavy atom. The number of rotatable bonds is 4. The first-order valence-corrected chi connectivity index (χ1v) is 9.50. The average molecular weight is 393 g/mol. The minimum Gasteiger partial charge on any atom is -0.442 e.